The molecule has 0 aromatic carbocycles. The van der Waals surface area contributed by atoms with Gasteiger partial charge in [-0.15, -0.1) is 11.6 Å². The van der Waals surface area contributed by atoms with Gasteiger partial charge < -0.3 is 10.5 Å². The van der Waals surface area contributed by atoms with Crippen LogP contribution in [0.1, 0.15) is 25.7 Å². The highest BCUT2D eigenvalue weighted by Gasteiger charge is 2.28. The highest BCUT2D eigenvalue weighted by molar-refractivity contribution is 6.16. The third-order valence-electron chi connectivity index (χ3n) is 3.03. The number of rotatable bonds is 5. The highest BCUT2D eigenvalue weighted by atomic mass is 35.5. The molecule has 7 nitrogen and oxygen atoms in total. The van der Waals surface area contributed by atoms with Crippen LogP contribution in [0.2, 0.25) is 0 Å². The molecule has 0 aliphatic heterocycles. The predicted octanol–water partition coefficient (Wildman–Crippen LogP) is 1.26. The van der Waals surface area contributed by atoms with Gasteiger partial charge in [-0.1, -0.05) is 13.8 Å². The molecule has 2 aromatic heterocycles. The quantitative estimate of drug-likeness (QED) is 0.838. The molecule has 0 aliphatic rings. The first-order chi connectivity index (χ1) is 9.51. The van der Waals surface area contributed by atoms with E-state index in [1.165, 1.54) is 13.4 Å². The standard InChI is InChI=1S/C12H16ClN5O2/c1-6(2)9(10(14)19)18-7(4-13)17-8-11(18)15-5-16-12(8)20-3/h5-6,9H,4H2,1-3H3,(H2,14,19). The van der Waals surface area contributed by atoms with Crippen molar-refractivity contribution in [1.29, 1.82) is 0 Å². The van der Waals surface area contributed by atoms with Crippen LogP contribution in [0, 0.1) is 5.92 Å². The van der Waals surface area contributed by atoms with Gasteiger partial charge in [0, 0.05) is 0 Å². The summed E-state index contributed by atoms with van der Waals surface area (Å²) >= 11 is 5.93. The first-order valence-corrected chi connectivity index (χ1v) is 6.65. The number of carbonyl (C=O) groups excluding carboxylic acids is 1. The summed E-state index contributed by atoms with van der Waals surface area (Å²) in [4.78, 5) is 24.3. The number of nitrogens with zero attached hydrogens (tertiary/aromatic N) is 4. The van der Waals surface area contributed by atoms with Crippen molar-refractivity contribution < 1.29 is 9.53 Å². The minimum Gasteiger partial charge on any atom is -0.479 e. The molecule has 20 heavy (non-hydrogen) atoms. The molecule has 2 rings (SSSR count). The molecule has 0 saturated heterocycles. The van der Waals surface area contributed by atoms with Crippen LogP contribution in [0.5, 0.6) is 5.88 Å². The number of alkyl halides is 1. The van der Waals surface area contributed by atoms with Crippen molar-refractivity contribution in [1.82, 2.24) is 19.5 Å². The highest BCUT2D eigenvalue weighted by Crippen LogP contribution is 2.28. The molecule has 108 valence electrons. The van der Waals surface area contributed by atoms with Crippen LogP contribution in [0.4, 0.5) is 0 Å². The maximum atomic E-state index is 11.8. The lowest BCUT2D eigenvalue weighted by atomic mass is 10.0. The Kier molecular flexibility index (Phi) is 4.08. The maximum absolute atomic E-state index is 11.8. The molecule has 0 fully saturated rings. The minimum absolute atomic E-state index is 0.0205. The van der Waals surface area contributed by atoms with Gasteiger partial charge in [0.1, 0.15) is 18.2 Å². The second-order valence-corrected chi connectivity index (χ2v) is 4.95. The number of nitrogens with two attached hydrogens (primary N) is 1. The van der Waals surface area contributed by atoms with E-state index in [2.05, 4.69) is 15.0 Å². The van der Waals surface area contributed by atoms with E-state index in [4.69, 9.17) is 22.1 Å². The van der Waals surface area contributed by atoms with Gasteiger partial charge in [0.05, 0.1) is 13.0 Å². The first kappa shape index (κ1) is 14.5. The number of halogens is 1. The number of primary amides is 1. The van der Waals surface area contributed by atoms with Crippen molar-refractivity contribution in [3.8, 4) is 5.88 Å². The van der Waals surface area contributed by atoms with E-state index >= 15 is 0 Å². The van der Waals surface area contributed by atoms with Crippen LogP contribution < -0.4 is 10.5 Å². The molecule has 0 radical (unpaired) electrons. The summed E-state index contributed by atoms with van der Waals surface area (Å²) in [6, 6.07) is -0.576. The van der Waals surface area contributed by atoms with Crippen LogP contribution in [0.25, 0.3) is 11.2 Å². The Balaban J connectivity index is 2.76. The zero-order valence-corrected chi connectivity index (χ0v) is 12.3. The average molecular weight is 298 g/mol. The monoisotopic (exact) mass is 297 g/mol. The lowest BCUT2D eigenvalue weighted by molar-refractivity contribution is -0.122. The number of hydrogen-bond acceptors (Lipinski definition) is 5. The summed E-state index contributed by atoms with van der Waals surface area (Å²) < 4.78 is 6.82. The Morgan fingerprint density at radius 2 is 2.20 bits per heavy atom. The Morgan fingerprint density at radius 3 is 2.70 bits per heavy atom. The summed E-state index contributed by atoms with van der Waals surface area (Å²) in [5.41, 5.74) is 6.47. The lowest BCUT2D eigenvalue weighted by Crippen LogP contribution is -2.31. The first-order valence-electron chi connectivity index (χ1n) is 6.12. The molecule has 8 heteroatoms. The molecule has 2 heterocycles. The Morgan fingerprint density at radius 1 is 1.50 bits per heavy atom. The van der Waals surface area contributed by atoms with E-state index in [0.717, 1.165) is 0 Å². The Bertz CT molecular complexity index is 640. The predicted molar refractivity (Wildman–Crippen MR) is 74.5 cm³/mol. The van der Waals surface area contributed by atoms with E-state index in [-0.39, 0.29) is 11.8 Å². The van der Waals surface area contributed by atoms with E-state index in [1.54, 1.807) is 4.57 Å². The van der Waals surface area contributed by atoms with Crippen molar-refractivity contribution in [2.24, 2.45) is 11.7 Å². The average Bonchev–Trinajstić information content (AvgIpc) is 2.76. The summed E-state index contributed by atoms with van der Waals surface area (Å²) in [5.74, 6) is 0.511. The molecule has 1 amide bonds. The van der Waals surface area contributed by atoms with E-state index in [0.29, 0.717) is 22.9 Å². The second kappa shape index (κ2) is 5.62. The topological polar surface area (TPSA) is 95.9 Å². The van der Waals surface area contributed by atoms with Gasteiger partial charge in [0.2, 0.25) is 11.8 Å². The third kappa shape index (κ3) is 2.29. The summed E-state index contributed by atoms with van der Waals surface area (Å²) in [5, 5.41) is 0. The van der Waals surface area contributed by atoms with Crippen LogP contribution in [-0.2, 0) is 10.7 Å². The van der Waals surface area contributed by atoms with Crippen molar-refractivity contribution in [3.63, 3.8) is 0 Å². The van der Waals surface area contributed by atoms with Gasteiger partial charge in [-0.25, -0.2) is 9.97 Å². The zero-order chi connectivity index (χ0) is 14.9. The number of imidazole rings is 1. The van der Waals surface area contributed by atoms with Gasteiger partial charge in [-0.05, 0) is 5.92 Å². The molecule has 0 saturated carbocycles. The molecular weight excluding hydrogens is 282 g/mol. The molecular formula is C12H16ClN5O2. The lowest BCUT2D eigenvalue weighted by Gasteiger charge is -2.21. The Labute approximate surface area is 121 Å². The van der Waals surface area contributed by atoms with Crippen molar-refractivity contribution >= 4 is 28.7 Å². The third-order valence-corrected chi connectivity index (χ3v) is 3.27. The SMILES string of the molecule is COc1ncnc2c1nc(CCl)n2C(C(N)=O)C(C)C. The molecule has 0 spiro atoms. The van der Waals surface area contributed by atoms with Crippen LogP contribution in [-0.4, -0.2) is 32.5 Å². The second-order valence-electron chi connectivity index (χ2n) is 4.68. The summed E-state index contributed by atoms with van der Waals surface area (Å²) in [7, 11) is 1.50. The largest absolute Gasteiger partial charge is 0.479 e. The van der Waals surface area contributed by atoms with Gasteiger partial charge in [0.25, 0.3) is 0 Å². The number of fused-ring (bicyclic) bond motifs is 1. The molecule has 1 unspecified atom stereocenters. The summed E-state index contributed by atoms with van der Waals surface area (Å²) in [6.07, 6.45) is 1.36. The zero-order valence-electron chi connectivity index (χ0n) is 11.5. The summed E-state index contributed by atoms with van der Waals surface area (Å²) in [6.45, 7) is 3.80. The maximum Gasteiger partial charge on any atom is 0.245 e. The molecule has 1 atom stereocenters. The molecule has 0 aliphatic carbocycles. The van der Waals surface area contributed by atoms with E-state index in [9.17, 15) is 4.79 Å². The smallest absolute Gasteiger partial charge is 0.245 e. The number of ether oxygens (including phenoxy) is 1. The van der Waals surface area contributed by atoms with Gasteiger partial charge in [-0.2, -0.15) is 4.98 Å². The molecule has 2 aromatic rings. The van der Waals surface area contributed by atoms with Crippen LogP contribution >= 0.6 is 11.6 Å². The Hall–Kier alpha value is -1.89. The number of methoxy groups -OCH3 is 1. The van der Waals surface area contributed by atoms with Crippen molar-refractivity contribution in [2.45, 2.75) is 25.8 Å². The van der Waals surface area contributed by atoms with Crippen LogP contribution in [0.15, 0.2) is 6.33 Å². The number of hydrogen-bond donors (Lipinski definition) is 1. The van der Waals surface area contributed by atoms with Gasteiger partial charge in [0.15, 0.2) is 11.2 Å². The fourth-order valence-corrected chi connectivity index (χ4v) is 2.41. The minimum atomic E-state index is -0.576. The van der Waals surface area contributed by atoms with Crippen LogP contribution in [0.3, 0.4) is 0 Å². The van der Waals surface area contributed by atoms with Gasteiger partial charge >= 0.3 is 0 Å². The van der Waals surface area contributed by atoms with E-state index < -0.39 is 11.9 Å². The van der Waals surface area contributed by atoms with Gasteiger partial charge in [-0.3, -0.25) is 9.36 Å². The fourth-order valence-electron chi connectivity index (χ4n) is 2.22. The van der Waals surface area contributed by atoms with Crippen molar-refractivity contribution in [2.75, 3.05) is 7.11 Å². The normalized spacial score (nSPS) is 12.8. The fraction of sp³-hybridized carbons (Fsp3) is 0.500. The van der Waals surface area contributed by atoms with E-state index in [1.807, 2.05) is 13.8 Å². The number of aromatic nitrogens is 4. The number of carbonyl (C=O) groups is 1. The molecule has 2 N–H and O–H groups in total. The number of amides is 1. The molecule has 0 bridgehead atoms. The van der Waals surface area contributed by atoms with Crippen molar-refractivity contribution in [3.05, 3.63) is 12.2 Å².